The van der Waals surface area contributed by atoms with Gasteiger partial charge in [0.25, 0.3) is 5.56 Å². The summed E-state index contributed by atoms with van der Waals surface area (Å²) in [6.45, 7) is 0. The van der Waals surface area contributed by atoms with E-state index in [1.54, 1.807) is 18.7 Å². The molecule has 0 saturated heterocycles. The molecular formula is C21H21Cl2N3O3. The molecule has 1 aromatic carbocycles. The van der Waals surface area contributed by atoms with Crippen LogP contribution < -0.4 is 20.3 Å². The molecule has 1 N–H and O–H groups in total. The van der Waals surface area contributed by atoms with E-state index in [-0.39, 0.29) is 11.7 Å². The minimum Gasteiger partial charge on any atom is -0.493 e. The molecule has 0 unspecified atom stereocenters. The van der Waals surface area contributed by atoms with E-state index in [0.29, 0.717) is 38.4 Å². The highest BCUT2D eigenvalue weighted by molar-refractivity contribution is 6.39. The van der Waals surface area contributed by atoms with E-state index in [0.717, 1.165) is 31.1 Å². The molecule has 0 bridgehead atoms. The molecule has 6 nitrogen and oxygen atoms in total. The van der Waals surface area contributed by atoms with E-state index in [4.69, 9.17) is 32.7 Å². The summed E-state index contributed by atoms with van der Waals surface area (Å²) in [6, 6.07) is 5.25. The van der Waals surface area contributed by atoms with Crippen molar-refractivity contribution in [3.63, 3.8) is 0 Å². The number of halogens is 2. The number of hydrogen-bond donors (Lipinski definition) is 1. The average Bonchev–Trinajstić information content (AvgIpc) is 3.21. The number of benzene rings is 1. The van der Waals surface area contributed by atoms with E-state index < -0.39 is 0 Å². The number of fused-ring (bicyclic) bond motifs is 1. The summed E-state index contributed by atoms with van der Waals surface area (Å²) in [4.78, 5) is 16.7. The maximum atomic E-state index is 12.8. The van der Waals surface area contributed by atoms with Crippen LogP contribution in [0.1, 0.15) is 25.7 Å². The summed E-state index contributed by atoms with van der Waals surface area (Å²) in [5, 5.41) is 4.72. The fourth-order valence-electron chi connectivity index (χ4n) is 3.73. The van der Waals surface area contributed by atoms with Crippen molar-refractivity contribution >= 4 is 45.5 Å². The van der Waals surface area contributed by atoms with Crippen molar-refractivity contribution in [3.05, 3.63) is 51.0 Å². The molecule has 8 heteroatoms. The van der Waals surface area contributed by atoms with Gasteiger partial charge in [-0.1, -0.05) is 23.2 Å². The number of ether oxygens (including phenoxy) is 2. The Balaban J connectivity index is 1.91. The first-order valence-electron chi connectivity index (χ1n) is 9.43. The van der Waals surface area contributed by atoms with Crippen LogP contribution in [0.4, 0.5) is 11.4 Å². The Hall–Kier alpha value is -2.44. The first kappa shape index (κ1) is 19.9. The third-order valence-corrected chi connectivity index (χ3v) is 5.81. The molecule has 2 heterocycles. The number of hydrogen-bond acceptors (Lipinski definition) is 5. The predicted molar refractivity (Wildman–Crippen MR) is 116 cm³/mol. The highest BCUT2D eigenvalue weighted by Gasteiger charge is 2.23. The maximum Gasteiger partial charge on any atom is 0.252 e. The van der Waals surface area contributed by atoms with Gasteiger partial charge in [0.15, 0.2) is 11.5 Å². The molecule has 152 valence electrons. The van der Waals surface area contributed by atoms with Gasteiger partial charge >= 0.3 is 0 Å². The summed E-state index contributed by atoms with van der Waals surface area (Å²) < 4.78 is 13.4. The molecular weight excluding hydrogens is 413 g/mol. The number of pyridine rings is 2. The second-order valence-electron chi connectivity index (χ2n) is 7.08. The number of aromatic nitrogens is 2. The van der Waals surface area contributed by atoms with Gasteiger partial charge in [0.05, 0.1) is 40.2 Å². The number of aryl methyl sites for hydroxylation is 1. The molecule has 0 spiro atoms. The molecule has 0 radical (unpaired) electrons. The second kappa shape index (κ2) is 8.13. The van der Waals surface area contributed by atoms with Gasteiger partial charge in [-0.2, -0.15) is 0 Å². The fraction of sp³-hybridized carbons (Fsp3) is 0.333. The SMILES string of the molecule is COc1ccc2c(Nc3c(Cl)cncc3Cl)cc(=O)n(C)c2c1OC1CCCC1. The smallest absolute Gasteiger partial charge is 0.252 e. The van der Waals surface area contributed by atoms with Crippen molar-refractivity contribution in [2.24, 2.45) is 7.05 Å². The van der Waals surface area contributed by atoms with Crippen LogP contribution in [-0.2, 0) is 7.05 Å². The van der Waals surface area contributed by atoms with Crippen LogP contribution >= 0.6 is 23.2 Å². The van der Waals surface area contributed by atoms with Crippen molar-refractivity contribution in [3.8, 4) is 11.5 Å². The number of anilines is 2. The monoisotopic (exact) mass is 433 g/mol. The standard InChI is InChI=1S/C21H21Cl2N3O3/c1-26-18(27)9-16(25-19-14(22)10-24-11-15(19)23)13-7-8-17(28-2)21(20(13)26)29-12-5-3-4-6-12/h7-12H,3-6H2,1-2H3,(H,24,25). The highest BCUT2D eigenvalue weighted by atomic mass is 35.5. The van der Waals surface area contributed by atoms with Crippen LogP contribution in [0.3, 0.4) is 0 Å². The predicted octanol–water partition coefficient (Wildman–Crippen LogP) is 5.31. The van der Waals surface area contributed by atoms with Crippen LogP contribution in [-0.4, -0.2) is 22.8 Å². The van der Waals surface area contributed by atoms with Crippen molar-refractivity contribution in [2.75, 3.05) is 12.4 Å². The molecule has 3 aromatic rings. The third-order valence-electron chi connectivity index (χ3n) is 5.24. The molecule has 1 aliphatic carbocycles. The normalized spacial score (nSPS) is 14.3. The van der Waals surface area contributed by atoms with E-state index in [9.17, 15) is 4.79 Å². The molecule has 2 aromatic heterocycles. The lowest BCUT2D eigenvalue weighted by molar-refractivity contribution is 0.203. The summed E-state index contributed by atoms with van der Waals surface area (Å²) in [5.74, 6) is 1.17. The summed E-state index contributed by atoms with van der Waals surface area (Å²) in [5.41, 5.74) is 1.54. The molecule has 0 amide bonds. The third kappa shape index (κ3) is 3.74. The maximum absolute atomic E-state index is 12.8. The van der Waals surface area contributed by atoms with Crippen molar-refractivity contribution in [1.29, 1.82) is 0 Å². The summed E-state index contributed by atoms with van der Waals surface area (Å²) in [7, 11) is 3.32. The largest absolute Gasteiger partial charge is 0.493 e. The lowest BCUT2D eigenvalue weighted by Crippen LogP contribution is -2.19. The Morgan fingerprint density at radius 1 is 1.17 bits per heavy atom. The minimum atomic E-state index is -0.189. The van der Waals surface area contributed by atoms with Crippen molar-refractivity contribution in [1.82, 2.24) is 9.55 Å². The van der Waals surface area contributed by atoms with Crippen molar-refractivity contribution in [2.45, 2.75) is 31.8 Å². The molecule has 4 rings (SSSR count). The zero-order valence-corrected chi connectivity index (χ0v) is 17.7. The first-order valence-corrected chi connectivity index (χ1v) is 10.2. The number of rotatable bonds is 5. The minimum absolute atomic E-state index is 0.116. The topological polar surface area (TPSA) is 65.4 Å². The van der Waals surface area contributed by atoms with E-state index in [2.05, 4.69) is 10.3 Å². The van der Waals surface area contributed by atoms with Gasteiger partial charge in [-0.05, 0) is 37.8 Å². The molecule has 0 aliphatic heterocycles. The Morgan fingerprint density at radius 2 is 1.86 bits per heavy atom. The zero-order valence-electron chi connectivity index (χ0n) is 16.2. The molecule has 1 saturated carbocycles. The zero-order chi connectivity index (χ0) is 20.5. The summed E-state index contributed by atoms with van der Waals surface area (Å²) in [6.07, 6.45) is 7.38. The molecule has 0 atom stereocenters. The van der Waals surface area contributed by atoms with Gasteiger partial charge in [0, 0.05) is 30.9 Å². The number of nitrogens with zero attached hydrogens (tertiary/aromatic N) is 2. The molecule has 1 aliphatic rings. The molecule has 29 heavy (non-hydrogen) atoms. The number of nitrogens with one attached hydrogen (secondary N) is 1. The second-order valence-corrected chi connectivity index (χ2v) is 7.89. The van der Waals surface area contributed by atoms with Gasteiger partial charge < -0.3 is 19.4 Å². The van der Waals surface area contributed by atoms with Crippen LogP contribution in [0.25, 0.3) is 10.9 Å². The Kier molecular flexibility index (Phi) is 5.56. The Labute approximate surface area is 178 Å². The van der Waals surface area contributed by atoms with E-state index >= 15 is 0 Å². The molecule has 1 fully saturated rings. The van der Waals surface area contributed by atoms with E-state index in [1.165, 1.54) is 18.5 Å². The van der Waals surface area contributed by atoms with Gasteiger partial charge in [-0.25, -0.2) is 0 Å². The van der Waals surface area contributed by atoms with E-state index in [1.807, 2.05) is 12.1 Å². The lowest BCUT2D eigenvalue weighted by Gasteiger charge is -2.21. The van der Waals surface area contributed by atoms with Crippen LogP contribution in [0.2, 0.25) is 10.0 Å². The lowest BCUT2D eigenvalue weighted by atomic mass is 10.1. The highest BCUT2D eigenvalue weighted by Crippen LogP contribution is 2.41. The van der Waals surface area contributed by atoms with Gasteiger partial charge in [0.2, 0.25) is 0 Å². The summed E-state index contributed by atoms with van der Waals surface area (Å²) >= 11 is 12.5. The van der Waals surface area contributed by atoms with Gasteiger partial charge in [-0.15, -0.1) is 0 Å². The Morgan fingerprint density at radius 3 is 2.52 bits per heavy atom. The quantitative estimate of drug-likeness (QED) is 0.589. The number of methoxy groups -OCH3 is 1. The average molecular weight is 434 g/mol. The first-order chi connectivity index (χ1) is 14.0. The Bertz CT molecular complexity index is 1100. The van der Waals surface area contributed by atoms with Gasteiger partial charge in [0.1, 0.15) is 0 Å². The van der Waals surface area contributed by atoms with Crippen LogP contribution in [0, 0.1) is 0 Å². The van der Waals surface area contributed by atoms with Crippen molar-refractivity contribution < 1.29 is 9.47 Å². The fourth-order valence-corrected chi connectivity index (χ4v) is 4.19. The van der Waals surface area contributed by atoms with Crippen LogP contribution in [0.15, 0.2) is 35.4 Å². The van der Waals surface area contributed by atoms with Gasteiger partial charge in [-0.3, -0.25) is 9.78 Å². The van der Waals surface area contributed by atoms with Crippen LogP contribution in [0.5, 0.6) is 11.5 Å².